The lowest BCUT2D eigenvalue weighted by Crippen LogP contribution is -2.74. The van der Waals surface area contributed by atoms with Crippen LogP contribution in [0.5, 0.6) is 0 Å². The Kier molecular flexibility index (Phi) is 1.55. The topological polar surface area (TPSA) is 40.5 Å². The van der Waals surface area contributed by atoms with E-state index in [2.05, 4.69) is 13.0 Å². The minimum absolute atomic E-state index is 0.102. The van der Waals surface area contributed by atoms with Gasteiger partial charge in [0.25, 0.3) is 0 Å². The van der Waals surface area contributed by atoms with Gasteiger partial charge in [0, 0.05) is 5.41 Å². The van der Waals surface area contributed by atoms with Crippen LogP contribution in [0.25, 0.3) is 0 Å². The van der Waals surface area contributed by atoms with Crippen molar-refractivity contribution in [3.8, 4) is 0 Å². The van der Waals surface area contributed by atoms with Crippen molar-refractivity contribution in [2.24, 2.45) is 5.41 Å². The minimum Gasteiger partial charge on any atom is -0.387 e. The van der Waals surface area contributed by atoms with Gasteiger partial charge in [-0.25, -0.2) is 0 Å². The second-order valence-electron chi connectivity index (χ2n) is 5.15. The molecule has 0 heterocycles. The van der Waals surface area contributed by atoms with Crippen molar-refractivity contribution in [3.63, 3.8) is 0 Å². The Morgan fingerprint density at radius 2 is 1.92 bits per heavy atom. The van der Waals surface area contributed by atoms with E-state index >= 15 is 0 Å². The van der Waals surface area contributed by atoms with E-state index in [0.717, 1.165) is 18.4 Å². The van der Waals surface area contributed by atoms with Crippen molar-refractivity contribution in [2.75, 3.05) is 0 Å². The van der Waals surface area contributed by atoms with Gasteiger partial charge < -0.3 is 10.2 Å². The predicted molar refractivity (Wildman–Crippen MR) is 51.3 cm³/mol. The number of fused-ring (bicyclic) bond motifs is 1. The average Bonchev–Trinajstić information content (AvgIpc) is 1.99. The van der Waals surface area contributed by atoms with E-state index in [1.165, 1.54) is 0 Å². The first-order chi connectivity index (χ1) is 5.83. The quantitative estimate of drug-likeness (QED) is 0.559. The molecular formula is C11H18O2. The Bertz CT molecular complexity index is 280. The van der Waals surface area contributed by atoms with Crippen LogP contribution >= 0.6 is 0 Å². The van der Waals surface area contributed by atoms with Gasteiger partial charge in [0.05, 0.1) is 5.60 Å². The lowest BCUT2D eigenvalue weighted by Gasteiger charge is -2.66. The third kappa shape index (κ3) is 0.810. The van der Waals surface area contributed by atoms with Crippen molar-refractivity contribution in [3.05, 3.63) is 11.6 Å². The number of aliphatic hydroxyl groups is 2. The molecule has 3 atom stereocenters. The zero-order chi connectivity index (χ0) is 9.91. The van der Waals surface area contributed by atoms with Gasteiger partial charge in [0.15, 0.2) is 0 Å². The summed E-state index contributed by atoms with van der Waals surface area (Å²) in [5, 5.41) is 20.5. The van der Waals surface area contributed by atoms with Gasteiger partial charge >= 0.3 is 0 Å². The van der Waals surface area contributed by atoms with E-state index in [0.29, 0.717) is 6.42 Å². The highest BCUT2D eigenvalue weighted by Gasteiger charge is 2.69. The molecule has 2 N–H and O–H groups in total. The van der Waals surface area contributed by atoms with Gasteiger partial charge in [-0.2, -0.15) is 0 Å². The molecule has 1 fully saturated rings. The standard InChI is InChI=1S/C11H18O2/c1-8-5-4-6-9(2)7-10(3,12)11(8,9)13/h5,12-13H,4,6-7H2,1-3H3. The van der Waals surface area contributed by atoms with Gasteiger partial charge in [0.1, 0.15) is 5.60 Å². The first kappa shape index (κ1) is 9.22. The van der Waals surface area contributed by atoms with E-state index in [1.807, 2.05) is 6.92 Å². The fraction of sp³-hybridized carbons (Fsp3) is 0.818. The van der Waals surface area contributed by atoms with Crippen molar-refractivity contribution in [1.82, 2.24) is 0 Å². The fourth-order valence-corrected chi connectivity index (χ4v) is 3.48. The van der Waals surface area contributed by atoms with Gasteiger partial charge in [-0.1, -0.05) is 13.0 Å². The molecule has 13 heavy (non-hydrogen) atoms. The summed E-state index contributed by atoms with van der Waals surface area (Å²) in [6.07, 6.45) is 4.77. The highest BCUT2D eigenvalue weighted by Crippen LogP contribution is 2.63. The van der Waals surface area contributed by atoms with Crippen molar-refractivity contribution in [2.45, 2.75) is 51.2 Å². The molecule has 2 nitrogen and oxygen atoms in total. The molecule has 0 aromatic rings. The van der Waals surface area contributed by atoms with Crippen LogP contribution in [0.15, 0.2) is 11.6 Å². The van der Waals surface area contributed by atoms with Gasteiger partial charge in [0.2, 0.25) is 0 Å². The van der Waals surface area contributed by atoms with Gasteiger partial charge in [-0.05, 0) is 38.7 Å². The molecule has 0 amide bonds. The second kappa shape index (κ2) is 2.18. The zero-order valence-corrected chi connectivity index (χ0v) is 8.59. The maximum Gasteiger partial charge on any atom is 0.119 e. The summed E-state index contributed by atoms with van der Waals surface area (Å²) in [5.74, 6) is 0. The van der Waals surface area contributed by atoms with Gasteiger partial charge in [-0.3, -0.25) is 0 Å². The SMILES string of the molecule is CC1=CCCC2(C)CC(C)(O)C12O. The van der Waals surface area contributed by atoms with E-state index < -0.39 is 11.2 Å². The second-order valence-corrected chi connectivity index (χ2v) is 5.15. The molecule has 0 aliphatic heterocycles. The molecule has 0 aromatic carbocycles. The fourth-order valence-electron chi connectivity index (χ4n) is 3.48. The maximum absolute atomic E-state index is 10.5. The van der Waals surface area contributed by atoms with Crippen molar-refractivity contribution < 1.29 is 10.2 Å². The van der Waals surface area contributed by atoms with Gasteiger partial charge in [-0.15, -0.1) is 0 Å². The smallest absolute Gasteiger partial charge is 0.119 e. The molecule has 0 saturated heterocycles. The monoisotopic (exact) mass is 182 g/mol. The Balaban J connectivity index is 2.47. The Morgan fingerprint density at radius 3 is 2.31 bits per heavy atom. The van der Waals surface area contributed by atoms with Crippen LogP contribution in [0.3, 0.4) is 0 Å². The lowest BCUT2D eigenvalue weighted by atomic mass is 9.44. The lowest BCUT2D eigenvalue weighted by molar-refractivity contribution is -0.280. The Hall–Kier alpha value is -0.340. The summed E-state index contributed by atoms with van der Waals surface area (Å²) >= 11 is 0. The number of rotatable bonds is 0. The molecule has 1 saturated carbocycles. The normalized spacial score (nSPS) is 55.0. The van der Waals surface area contributed by atoms with Crippen LogP contribution < -0.4 is 0 Å². The third-order valence-corrected chi connectivity index (χ3v) is 4.10. The number of allylic oxidation sites excluding steroid dienone is 1. The first-order valence-electron chi connectivity index (χ1n) is 4.95. The third-order valence-electron chi connectivity index (χ3n) is 4.10. The van der Waals surface area contributed by atoms with Crippen LogP contribution in [0, 0.1) is 5.41 Å². The van der Waals surface area contributed by atoms with Crippen LogP contribution in [0.2, 0.25) is 0 Å². The summed E-state index contributed by atoms with van der Waals surface area (Å²) in [6.45, 7) is 5.73. The predicted octanol–water partition coefficient (Wildman–Crippen LogP) is 1.62. The van der Waals surface area contributed by atoms with E-state index in [-0.39, 0.29) is 5.41 Å². The molecule has 2 rings (SSSR count). The summed E-state index contributed by atoms with van der Waals surface area (Å²) in [5.41, 5.74) is -1.06. The molecule has 0 bridgehead atoms. The van der Waals surface area contributed by atoms with Crippen molar-refractivity contribution in [1.29, 1.82) is 0 Å². The molecule has 74 valence electrons. The van der Waals surface area contributed by atoms with Crippen LogP contribution in [-0.2, 0) is 0 Å². The van der Waals surface area contributed by atoms with E-state index in [4.69, 9.17) is 0 Å². The number of hydrogen-bond acceptors (Lipinski definition) is 2. The summed E-state index contributed by atoms with van der Waals surface area (Å²) in [7, 11) is 0. The molecule has 3 unspecified atom stereocenters. The van der Waals surface area contributed by atoms with E-state index in [1.54, 1.807) is 6.92 Å². The summed E-state index contributed by atoms with van der Waals surface area (Å²) in [4.78, 5) is 0. The zero-order valence-electron chi connectivity index (χ0n) is 8.59. The highest BCUT2D eigenvalue weighted by molar-refractivity contribution is 5.36. The maximum atomic E-state index is 10.5. The van der Waals surface area contributed by atoms with Crippen LogP contribution in [0.4, 0.5) is 0 Å². The molecule has 2 heteroatoms. The molecule has 0 spiro atoms. The van der Waals surface area contributed by atoms with Crippen LogP contribution in [0.1, 0.15) is 40.0 Å². The van der Waals surface area contributed by atoms with Crippen molar-refractivity contribution >= 4 is 0 Å². The van der Waals surface area contributed by atoms with Crippen LogP contribution in [-0.4, -0.2) is 21.4 Å². The summed E-state index contributed by atoms with van der Waals surface area (Å²) < 4.78 is 0. The largest absolute Gasteiger partial charge is 0.387 e. The van der Waals surface area contributed by atoms with E-state index in [9.17, 15) is 10.2 Å². The summed E-state index contributed by atoms with van der Waals surface area (Å²) in [6, 6.07) is 0. The molecule has 2 aliphatic carbocycles. The first-order valence-corrected chi connectivity index (χ1v) is 4.95. The molecule has 0 radical (unpaired) electrons. The molecular weight excluding hydrogens is 164 g/mol. The Labute approximate surface area is 79.3 Å². The number of hydrogen-bond donors (Lipinski definition) is 2. The Morgan fingerprint density at radius 1 is 1.31 bits per heavy atom. The minimum atomic E-state index is -0.974. The molecule has 2 aliphatic rings. The average molecular weight is 182 g/mol. The highest BCUT2D eigenvalue weighted by atomic mass is 16.4. The molecule has 0 aromatic heterocycles.